The van der Waals surface area contributed by atoms with Crippen LogP contribution in [0.5, 0.6) is 0 Å². The third-order valence-corrected chi connectivity index (χ3v) is 4.31. The molecule has 1 aromatic heterocycles. The maximum atomic E-state index is 9.62. The quantitative estimate of drug-likeness (QED) is 0.832. The second-order valence-electron chi connectivity index (χ2n) is 5.19. The van der Waals surface area contributed by atoms with Crippen molar-refractivity contribution in [2.45, 2.75) is 33.6 Å². The van der Waals surface area contributed by atoms with Crippen LogP contribution in [0.2, 0.25) is 5.02 Å². The minimum absolute atomic E-state index is 0.0653. The first kappa shape index (κ1) is 15.5. The van der Waals surface area contributed by atoms with Crippen LogP contribution in [0.1, 0.15) is 32.2 Å². The van der Waals surface area contributed by atoms with Crippen molar-refractivity contribution in [2.75, 3.05) is 13.2 Å². The molecule has 5 heteroatoms. The Morgan fingerprint density at radius 2 is 1.89 bits per heavy atom. The molecule has 0 unspecified atom stereocenters. The molecule has 4 nitrogen and oxygen atoms in total. The highest BCUT2D eigenvalue weighted by molar-refractivity contribution is 6.31. The summed E-state index contributed by atoms with van der Waals surface area (Å²) in [6.07, 6.45) is 1.31. The lowest BCUT2D eigenvalue weighted by atomic mass is 9.75. The van der Waals surface area contributed by atoms with E-state index in [1.54, 1.807) is 4.68 Å². The first-order chi connectivity index (χ1) is 8.41. The van der Waals surface area contributed by atoms with Gasteiger partial charge in [0.2, 0.25) is 0 Å². The largest absolute Gasteiger partial charge is 0.396 e. The van der Waals surface area contributed by atoms with Gasteiger partial charge in [-0.25, -0.2) is 0 Å². The van der Waals surface area contributed by atoms with Crippen LogP contribution in [-0.2, 0) is 19.9 Å². The molecule has 0 aliphatic rings. The molecule has 0 fully saturated rings. The Bertz CT molecular complexity index is 398. The van der Waals surface area contributed by atoms with E-state index in [0.717, 1.165) is 17.8 Å². The summed E-state index contributed by atoms with van der Waals surface area (Å²) in [5, 5.41) is 24.3. The molecule has 104 valence electrons. The summed E-state index contributed by atoms with van der Waals surface area (Å²) < 4.78 is 1.75. The van der Waals surface area contributed by atoms with Gasteiger partial charge in [0.1, 0.15) is 0 Å². The van der Waals surface area contributed by atoms with Gasteiger partial charge < -0.3 is 10.2 Å². The van der Waals surface area contributed by atoms with E-state index in [1.807, 2.05) is 27.8 Å². The van der Waals surface area contributed by atoms with E-state index < -0.39 is 5.41 Å². The average molecular weight is 275 g/mol. The van der Waals surface area contributed by atoms with Crippen molar-refractivity contribution in [1.82, 2.24) is 9.78 Å². The molecule has 0 spiro atoms. The molecule has 0 atom stereocenters. The fourth-order valence-corrected chi connectivity index (χ4v) is 2.44. The standard InChI is InChI=1S/C13H23ClN2O2/c1-5-10-12(14)11(16(4)15-10)6-13(7-17,8-18)9(2)3/h9,17-18H,5-8H2,1-4H3. The van der Waals surface area contributed by atoms with Crippen LogP contribution >= 0.6 is 11.6 Å². The highest BCUT2D eigenvalue weighted by Crippen LogP contribution is 2.34. The van der Waals surface area contributed by atoms with Crippen molar-refractivity contribution in [2.24, 2.45) is 18.4 Å². The van der Waals surface area contributed by atoms with Gasteiger partial charge in [-0.3, -0.25) is 4.68 Å². The van der Waals surface area contributed by atoms with Crippen LogP contribution in [0.15, 0.2) is 0 Å². The molecule has 0 bridgehead atoms. The Morgan fingerprint density at radius 3 is 2.22 bits per heavy atom. The third-order valence-electron chi connectivity index (χ3n) is 3.88. The fraction of sp³-hybridized carbons (Fsp3) is 0.769. The molecular weight excluding hydrogens is 252 g/mol. The van der Waals surface area contributed by atoms with Crippen LogP contribution < -0.4 is 0 Å². The molecule has 2 N–H and O–H groups in total. The van der Waals surface area contributed by atoms with Gasteiger partial charge in [-0.1, -0.05) is 32.4 Å². The molecule has 0 aliphatic heterocycles. The zero-order chi connectivity index (χ0) is 13.9. The van der Waals surface area contributed by atoms with Gasteiger partial charge >= 0.3 is 0 Å². The first-order valence-corrected chi connectivity index (χ1v) is 6.71. The second kappa shape index (κ2) is 6.04. The van der Waals surface area contributed by atoms with E-state index in [9.17, 15) is 10.2 Å². The topological polar surface area (TPSA) is 58.3 Å². The molecule has 1 heterocycles. The molecule has 0 radical (unpaired) electrons. The van der Waals surface area contributed by atoms with Gasteiger partial charge in [0.05, 0.1) is 29.6 Å². The van der Waals surface area contributed by atoms with Gasteiger partial charge in [-0.15, -0.1) is 0 Å². The summed E-state index contributed by atoms with van der Waals surface area (Å²) in [6.45, 7) is 5.87. The molecule has 1 aromatic rings. The van der Waals surface area contributed by atoms with E-state index >= 15 is 0 Å². The maximum absolute atomic E-state index is 9.62. The number of aryl methyl sites for hydroxylation is 2. The van der Waals surface area contributed by atoms with E-state index in [1.165, 1.54) is 0 Å². The lowest BCUT2D eigenvalue weighted by Gasteiger charge is -2.34. The van der Waals surface area contributed by atoms with E-state index in [0.29, 0.717) is 11.4 Å². The number of aliphatic hydroxyl groups is 2. The minimum atomic E-state index is -0.553. The van der Waals surface area contributed by atoms with Gasteiger partial charge in [-0.2, -0.15) is 5.10 Å². The Morgan fingerprint density at radius 1 is 1.33 bits per heavy atom. The first-order valence-electron chi connectivity index (χ1n) is 6.33. The SMILES string of the molecule is CCc1nn(C)c(CC(CO)(CO)C(C)C)c1Cl. The highest BCUT2D eigenvalue weighted by atomic mass is 35.5. The van der Waals surface area contributed by atoms with Crippen LogP contribution in [0.4, 0.5) is 0 Å². The molecule has 0 aliphatic carbocycles. The fourth-order valence-electron chi connectivity index (χ4n) is 2.08. The molecule has 0 saturated heterocycles. The van der Waals surface area contributed by atoms with Crippen LogP contribution in [-0.4, -0.2) is 33.2 Å². The van der Waals surface area contributed by atoms with Crippen LogP contribution in [0.25, 0.3) is 0 Å². The Kier molecular flexibility index (Phi) is 5.20. The maximum Gasteiger partial charge on any atom is 0.0849 e. The van der Waals surface area contributed by atoms with Crippen molar-refractivity contribution in [3.05, 3.63) is 16.4 Å². The molecule has 0 amide bonds. The number of nitrogens with zero attached hydrogens (tertiary/aromatic N) is 2. The smallest absolute Gasteiger partial charge is 0.0849 e. The average Bonchev–Trinajstić information content (AvgIpc) is 2.62. The lowest BCUT2D eigenvalue weighted by Crippen LogP contribution is -2.38. The summed E-state index contributed by atoms with van der Waals surface area (Å²) in [6, 6.07) is 0. The summed E-state index contributed by atoms with van der Waals surface area (Å²) in [7, 11) is 1.85. The van der Waals surface area contributed by atoms with Crippen molar-refractivity contribution < 1.29 is 10.2 Å². The van der Waals surface area contributed by atoms with Gasteiger partial charge in [0.25, 0.3) is 0 Å². The van der Waals surface area contributed by atoms with Gasteiger partial charge in [0, 0.05) is 18.9 Å². The van der Waals surface area contributed by atoms with Crippen molar-refractivity contribution >= 4 is 11.6 Å². The summed E-state index contributed by atoms with van der Waals surface area (Å²) in [5.41, 5.74) is 1.19. The summed E-state index contributed by atoms with van der Waals surface area (Å²) in [4.78, 5) is 0. The number of rotatable bonds is 6. The number of hydrogen-bond acceptors (Lipinski definition) is 3. The third kappa shape index (κ3) is 2.71. The number of aliphatic hydroxyl groups excluding tert-OH is 2. The molecule has 1 rings (SSSR count). The number of hydrogen-bond donors (Lipinski definition) is 2. The van der Waals surface area contributed by atoms with Crippen molar-refractivity contribution in [1.29, 1.82) is 0 Å². The molecular formula is C13H23ClN2O2. The molecule has 0 aromatic carbocycles. The van der Waals surface area contributed by atoms with Crippen molar-refractivity contribution in [3.63, 3.8) is 0 Å². The number of halogens is 1. The normalized spacial score (nSPS) is 12.4. The second-order valence-corrected chi connectivity index (χ2v) is 5.57. The Hall–Kier alpha value is -0.580. The van der Waals surface area contributed by atoms with Crippen LogP contribution in [0, 0.1) is 11.3 Å². The predicted octanol–water partition coefficient (Wildman–Crippen LogP) is 1.81. The number of aromatic nitrogens is 2. The van der Waals surface area contributed by atoms with Gasteiger partial charge in [-0.05, 0) is 12.3 Å². The van der Waals surface area contributed by atoms with Crippen molar-refractivity contribution in [3.8, 4) is 0 Å². The monoisotopic (exact) mass is 274 g/mol. The summed E-state index contributed by atoms with van der Waals surface area (Å²) in [5.74, 6) is 0.156. The van der Waals surface area contributed by atoms with E-state index in [-0.39, 0.29) is 19.1 Å². The zero-order valence-electron chi connectivity index (χ0n) is 11.6. The highest BCUT2D eigenvalue weighted by Gasteiger charge is 2.35. The minimum Gasteiger partial charge on any atom is -0.396 e. The molecule has 18 heavy (non-hydrogen) atoms. The van der Waals surface area contributed by atoms with Gasteiger partial charge in [0.15, 0.2) is 0 Å². The van der Waals surface area contributed by atoms with Crippen LogP contribution in [0.3, 0.4) is 0 Å². The van der Waals surface area contributed by atoms with E-state index in [4.69, 9.17) is 11.6 Å². The molecule has 0 saturated carbocycles. The lowest BCUT2D eigenvalue weighted by molar-refractivity contribution is 0.0149. The Labute approximate surface area is 114 Å². The Balaban J connectivity index is 3.12. The van der Waals surface area contributed by atoms with E-state index in [2.05, 4.69) is 5.10 Å². The summed E-state index contributed by atoms with van der Waals surface area (Å²) >= 11 is 6.31. The zero-order valence-corrected chi connectivity index (χ0v) is 12.3. The predicted molar refractivity (Wildman–Crippen MR) is 72.7 cm³/mol.